The minimum atomic E-state index is -1.43. The summed E-state index contributed by atoms with van der Waals surface area (Å²) in [5, 5.41) is 2.47. The van der Waals surface area contributed by atoms with Gasteiger partial charge in [-0.25, -0.2) is 23.4 Å². The Morgan fingerprint density at radius 2 is 1.78 bits per heavy atom. The van der Waals surface area contributed by atoms with Crippen molar-refractivity contribution < 1.29 is 42.2 Å². The third-order valence-electron chi connectivity index (χ3n) is 6.39. The lowest BCUT2D eigenvalue weighted by Gasteiger charge is -2.24. The zero-order valence-corrected chi connectivity index (χ0v) is 23.9. The molecule has 3 amide bonds. The van der Waals surface area contributed by atoms with E-state index in [-0.39, 0.29) is 17.9 Å². The van der Waals surface area contributed by atoms with Crippen molar-refractivity contribution in [3.8, 4) is 0 Å². The molecule has 0 aliphatic carbocycles. The number of carbonyl (C=O) groups excluding carboxylic acids is 5. The predicted octanol–water partition coefficient (Wildman–Crippen LogP) is 3.07. The fourth-order valence-corrected chi connectivity index (χ4v) is 4.31. The van der Waals surface area contributed by atoms with Crippen molar-refractivity contribution in [1.82, 2.24) is 10.2 Å². The van der Waals surface area contributed by atoms with Crippen LogP contribution in [0.4, 0.5) is 8.78 Å². The standard InChI is InChI=1S/C29H37F2N3O7/c1-17(2)9-6-7-11-25(36)32-23(15-20-13-21(30)16-22(31)14-20)27(37)33-26(29(39)40-5)18(3)41-28(38)24-10-8-12-34(24)19(4)35/h7,11,13-14,16-18,23-24H,6,8-10,12,15H2,1-5H3,(H,32,36)/b11-7+,33-26?/t18-,23?,24?/m0/s1. The quantitative estimate of drug-likeness (QED) is 0.229. The molecule has 0 radical (unpaired) electrons. The maximum atomic E-state index is 13.8. The number of hydrogen-bond donors (Lipinski definition) is 1. The highest BCUT2D eigenvalue weighted by atomic mass is 19.1. The van der Waals surface area contributed by atoms with Crippen molar-refractivity contribution in [2.75, 3.05) is 13.7 Å². The highest BCUT2D eigenvalue weighted by Crippen LogP contribution is 2.19. The summed E-state index contributed by atoms with van der Waals surface area (Å²) in [6.07, 6.45) is 3.60. The fourth-order valence-electron chi connectivity index (χ4n) is 4.31. The number of amides is 3. The average Bonchev–Trinajstić information content (AvgIpc) is 3.39. The number of halogens is 2. The van der Waals surface area contributed by atoms with Crippen LogP contribution in [0.1, 0.15) is 58.9 Å². The number of allylic oxidation sites excluding steroid dienone is 1. The van der Waals surface area contributed by atoms with Crippen LogP contribution in [0, 0.1) is 17.6 Å². The summed E-state index contributed by atoms with van der Waals surface area (Å²) >= 11 is 0. The molecule has 1 N–H and O–H groups in total. The Morgan fingerprint density at radius 1 is 1.12 bits per heavy atom. The normalized spacial score (nSPS) is 16.9. The third-order valence-corrected chi connectivity index (χ3v) is 6.39. The molecule has 1 aliphatic heterocycles. The van der Waals surface area contributed by atoms with Crippen molar-refractivity contribution in [3.63, 3.8) is 0 Å². The number of methoxy groups -OCH3 is 1. The van der Waals surface area contributed by atoms with Gasteiger partial charge in [-0.05, 0) is 62.3 Å². The largest absolute Gasteiger partial charge is 0.464 e. The first-order valence-corrected chi connectivity index (χ1v) is 13.4. The SMILES string of the molecule is COC(=O)C(=NC(=O)C(Cc1cc(F)cc(F)c1)NC(=O)/C=C/CCC(C)C)[C@H](C)OC(=O)C1CCCN1C(C)=O. The number of esters is 2. The Morgan fingerprint density at radius 3 is 2.37 bits per heavy atom. The number of benzene rings is 1. The molecular weight excluding hydrogens is 540 g/mol. The lowest BCUT2D eigenvalue weighted by Crippen LogP contribution is -2.44. The van der Waals surface area contributed by atoms with E-state index in [0.717, 1.165) is 25.7 Å². The minimum absolute atomic E-state index is 0.0600. The van der Waals surface area contributed by atoms with E-state index in [9.17, 15) is 32.8 Å². The van der Waals surface area contributed by atoms with Crippen LogP contribution in [0.25, 0.3) is 0 Å². The number of nitrogens with zero attached hydrogens (tertiary/aromatic N) is 2. The molecular formula is C29H37F2N3O7. The monoisotopic (exact) mass is 577 g/mol. The molecule has 12 heteroatoms. The number of likely N-dealkylation sites (tertiary alicyclic amines) is 1. The molecule has 0 bridgehead atoms. The molecule has 0 spiro atoms. The molecule has 1 saturated heterocycles. The van der Waals surface area contributed by atoms with Gasteiger partial charge in [-0.1, -0.05) is 19.9 Å². The maximum absolute atomic E-state index is 13.8. The van der Waals surface area contributed by atoms with Gasteiger partial charge in [-0.3, -0.25) is 14.4 Å². The van der Waals surface area contributed by atoms with E-state index in [1.165, 1.54) is 24.8 Å². The molecule has 2 unspecified atom stereocenters. The molecule has 1 aliphatic rings. The highest BCUT2D eigenvalue weighted by Gasteiger charge is 2.36. The Bertz CT molecular complexity index is 1180. The van der Waals surface area contributed by atoms with Gasteiger partial charge in [0, 0.05) is 26.0 Å². The van der Waals surface area contributed by atoms with Crippen molar-refractivity contribution in [2.24, 2.45) is 10.9 Å². The molecule has 1 fully saturated rings. The second kappa shape index (κ2) is 15.7. The average molecular weight is 578 g/mol. The highest BCUT2D eigenvalue weighted by molar-refractivity contribution is 6.40. The Labute approximate surface area is 238 Å². The summed E-state index contributed by atoms with van der Waals surface area (Å²) in [4.78, 5) is 68.2. The first-order chi connectivity index (χ1) is 19.3. The van der Waals surface area contributed by atoms with Gasteiger partial charge in [0.05, 0.1) is 7.11 Å². The lowest BCUT2D eigenvalue weighted by molar-refractivity contribution is -0.154. The van der Waals surface area contributed by atoms with Crippen LogP contribution in [-0.2, 0) is 39.9 Å². The number of nitrogens with one attached hydrogen (secondary N) is 1. The third kappa shape index (κ3) is 10.5. The predicted molar refractivity (Wildman–Crippen MR) is 146 cm³/mol. The van der Waals surface area contributed by atoms with Gasteiger partial charge in [0.1, 0.15) is 29.8 Å². The van der Waals surface area contributed by atoms with Crippen molar-refractivity contribution >= 4 is 35.4 Å². The Kier molecular flexibility index (Phi) is 12.8. The van der Waals surface area contributed by atoms with Crippen LogP contribution >= 0.6 is 0 Å². The zero-order chi connectivity index (χ0) is 30.7. The maximum Gasteiger partial charge on any atom is 0.356 e. The van der Waals surface area contributed by atoms with E-state index in [0.29, 0.717) is 37.8 Å². The van der Waals surface area contributed by atoms with Crippen molar-refractivity contribution in [1.29, 1.82) is 0 Å². The summed E-state index contributed by atoms with van der Waals surface area (Å²) in [6, 6.07) is 0.403. The fraction of sp³-hybridized carbons (Fsp3) is 0.517. The van der Waals surface area contributed by atoms with E-state index in [1.54, 1.807) is 6.08 Å². The minimum Gasteiger partial charge on any atom is -0.464 e. The van der Waals surface area contributed by atoms with Gasteiger partial charge in [-0.15, -0.1) is 0 Å². The number of aliphatic imine (C=N–C) groups is 1. The Balaban J connectivity index is 2.31. The van der Waals surface area contributed by atoms with Gasteiger partial charge in [0.25, 0.3) is 5.91 Å². The molecule has 3 atom stereocenters. The second-order valence-electron chi connectivity index (χ2n) is 10.2. The van der Waals surface area contributed by atoms with Gasteiger partial charge < -0.3 is 19.7 Å². The van der Waals surface area contributed by atoms with Gasteiger partial charge in [0.2, 0.25) is 11.8 Å². The van der Waals surface area contributed by atoms with E-state index < -0.39 is 59.3 Å². The lowest BCUT2D eigenvalue weighted by atomic mass is 10.0. The van der Waals surface area contributed by atoms with Gasteiger partial charge >= 0.3 is 11.9 Å². The van der Waals surface area contributed by atoms with Crippen LogP contribution in [0.2, 0.25) is 0 Å². The first-order valence-electron chi connectivity index (χ1n) is 13.4. The molecule has 0 saturated carbocycles. The molecule has 41 heavy (non-hydrogen) atoms. The van der Waals surface area contributed by atoms with Crippen LogP contribution < -0.4 is 5.32 Å². The van der Waals surface area contributed by atoms with Crippen LogP contribution in [0.5, 0.6) is 0 Å². The van der Waals surface area contributed by atoms with Gasteiger partial charge in [-0.2, -0.15) is 0 Å². The molecule has 0 aromatic heterocycles. The van der Waals surface area contributed by atoms with Crippen LogP contribution in [0.15, 0.2) is 35.3 Å². The zero-order valence-electron chi connectivity index (χ0n) is 23.9. The molecule has 1 aromatic carbocycles. The van der Waals surface area contributed by atoms with Crippen molar-refractivity contribution in [2.45, 2.75) is 78.0 Å². The number of rotatable bonds is 12. The Hall–Kier alpha value is -3.96. The van der Waals surface area contributed by atoms with E-state index >= 15 is 0 Å². The summed E-state index contributed by atoms with van der Waals surface area (Å²) in [5.74, 6) is -5.17. The summed E-state index contributed by atoms with van der Waals surface area (Å²) in [6.45, 7) is 7.08. The van der Waals surface area contributed by atoms with Crippen molar-refractivity contribution in [3.05, 3.63) is 47.5 Å². The number of carbonyl (C=O) groups is 5. The number of hydrogen-bond acceptors (Lipinski definition) is 7. The molecule has 224 valence electrons. The smallest absolute Gasteiger partial charge is 0.356 e. The second-order valence-corrected chi connectivity index (χ2v) is 10.2. The van der Waals surface area contributed by atoms with Crippen LogP contribution in [-0.4, -0.2) is 72.1 Å². The van der Waals surface area contributed by atoms with E-state index in [4.69, 9.17) is 9.47 Å². The van der Waals surface area contributed by atoms with E-state index in [1.807, 2.05) is 13.8 Å². The molecule has 1 heterocycles. The summed E-state index contributed by atoms with van der Waals surface area (Å²) in [5.41, 5.74) is -0.500. The molecule has 10 nitrogen and oxygen atoms in total. The molecule has 2 rings (SSSR count). The topological polar surface area (TPSA) is 131 Å². The first kappa shape index (κ1) is 33.2. The van der Waals surface area contributed by atoms with Gasteiger partial charge in [0.15, 0.2) is 5.71 Å². The molecule has 1 aromatic rings. The van der Waals surface area contributed by atoms with E-state index in [2.05, 4.69) is 10.3 Å². The summed E-state index contributed by atoms with van der Waals surface area (Å²) < 4.78 is 37.7. The summed E-state index contributed by atoms with van der Waals surface area (Å²) in [7, 11) is 1.04. The van der Waals surface area contributed by atoms with Crippen LogP contribution in [0.3, 0.4) is 0 Å². The number of ether oxygens (including phenoxy) is 2.